The second-order valence-corrected chi connectivity index (χ2v) is 4.79. The number of carbonyl (C=O) groups is 1. The molecule has 2 unspecified atom stereocenters. The van der Waals surface area contributed by atoms with Crippen LogP contribution in [0.3, 0.4) is 0 Å². The van der Waals surface area contributed by atoms with Gasteiger partial charge in [0.05, 0.1) is 6.61 Å². The lowest BCUT2D eigenvalue weighted by Gasteiger charge is -2.14. The zero-order valence-corrected chi connectivity index (χ0v) is 8.38. The molecule has 0 spiro atoms. The van der Waals surface area contributed by atoms with Crippen molar-refractivity contribution in [3.8, 4) is 0 Å². The van der Waals surface area contributed by atoms with Crippen molar-refractivity contribution in [3.63, 3.8) is 0 Å². The maximum Gasteiger partial charge on any atom is 0.481 e. The number of rotatable bonds is 6. The number of aliphatic hydroxyl groups excluding tert-OH is 1. The van der Waals surface area contributed by atoms with Gasteiger partial charge in [-0.25, -0.2) is 9.13 Å². The summed E-state index contributed by atoms with van der Waals surface area (Å²) in [5.74, 6) is 0. The zero-order valence-electron chi connectivity index (χ0n) is 6.59. The van der Waals surface area contributed by atoms with Crippen LogP contribution < -0.4 is 0 Å². The molecule has 0 aromatic carbocycles. The second-order valence-electron chi connectivity index (χ2n) is 2.00. The molecular weight excluding hydrogens is 242 g/mol. The van der Waals surface area contributed by atoms with Gasteiger partial charge in [-0.3, -0.25) is 4.52 Å². The molecule has 84 valence electrons. The molecule has 0 rings (SSSR count). The number of phosphoric acid groups is 2. The summed E-state index contributed by atoms with van der Waals surface area (Å²) in [6.45, 7) is -0.918. The molecular formula is C3H8O9P2. The quantitative estimate of drug-likeness (QED) is 0.335. The first-order chi connectivity index (χ1) is 6.20. The predicted octanol–water partition coefficient (Wildman–Crippen LogP) is -1.23. The topological polar surface area (TPSA) is 151 Å². The van der Waals surface area contributed by atoms with E-state index in [4.69, 9.17) is 19.8 Å². The number of carbonyl (C=O) groups excluding carboxylic acids is 1. The minimum absolute atomic E-state index is 0.0219. The lowest BCUT2D eigenvalue weighted by molar-refractivity contribution is -0.116. The number of aldehydes is 1. The first kappa shape index (κ1) is 13.9. The Bertz CT molecular complexity index is 280. The maximum absolute atomic E-state index is 10.7. The third-order valence-electron chi connectivity index (χ3n) is 0.810. The van der Waals surface area contributed by atoms with Crippen LogP contribution in [0.25, 0.3) is 0 Å². The predicted molar refractivity (Wildman–Crippen MR) is 41.0 cm³/mol. The average molecular weight is 250 g/mol. The van der Waals surface area contributed by atoms with Crippen LogP contribution in [0.5, 0.6) is 0 Å². The summed E-state index contributed by atoms with van der Waals surface area (Å²) in [4.78, 5) is 34.9. The Labute approximate surface area is 78.1 Å². The van der Waals surface area contributed by atoms with Crippen molar-refractivity contribution < 1.29 is 42.5 Å². The molecule has 2 atom stereocenters. The van der Waals surface area contributed by atoms with Crippen molar-refractivity contribution in [2.45, 2.75) is 6.10 Å². The van der Waals surface area contributed by atoms with Gasteiger partial charge < -0.3 is 24.6 Å². The molecule has 0 aromatic heterocycles. The molecule has 0 saturated heterocycles. The fourth-order valence-corrected chi connectivity index (χ4v) is 2.11. The third kappa shape index (κ3) is 6.36. The molecule has 0 aliphatic heterocycles. The monoisotopic (exact) mass is 250 g/mol. The van der Waals surface area contributed by atoms with Gasteiger partial charge in [-0.05, 0) is 0 Å². The highest BCUT2D eigenvalue weighted by Gasteiger charge is 2.34. The third-order valence-corrected chi connectivity index (χ3v) is 3.02. The molecule has 0 aliphatic rings. The number of phosphoric ester groups is 1. The highest BCUT2D eigenvalue weighted by atomic mass is 31.3. The van der Waals surface area contributed by atoms with Crippen molar-refractivity contribution >= 4 is 21.9 Å². The molecule has 0 radical (unpaired) electrons. The summed E-state index contributed by atoms with van der Waals surface area (Å²) in [5, 5.41) is 8.35. The molecule has 14 heavy (non-hydrogen) atoms. The molecule has 9 nitrogen and oxygen atoms in total. The molecule has 4 N–H and O–H groups in total. The van der Waals surface area contributed by atoms with Gasteiger partial charge in [-0.2, -0.15) is 4.31 Å². The van der Waals surface area contributed by atoms with Crippen LogP contribution >= 0.6 is 15.6 Å². The van der Waals surface area contributed by atoms with E-state index >= 15 is 0 Å². The molecule has 0 aromatic rings. The molecule has 0 fully saturated rings. The van der Waals surface area contributed by atoms with Gasteiger partial charge >= 0.3 is 15.6 Å². The van der Waals surface area contributed by atoms with Gasteiger partial charge in [0.25, 0.3) is 0 Å². The minimum atomic E-state index is -5.20. The largest absolute Gasteiger partial charge is 0.481 e. The molecule has 0 saturated carbocycles. The summed E-state index contributed by atoms with van der Waals surface area (Å²) in [6.07, 6.45) is -1.70. The summed E-state index contributed by atoms with van der Waals surface area (Å²) < 4.78 is 28.1. The van der Waals surface area contributed by atoms with E-state index in [-0.39, 0.29) is 6.29 Å². The van der Waals surface area contributed by atoms with E-state index in [9.17, 15) is 13.9 Å². The highest BCUT2D eigenvalue weighted by Crippen LogP contribution is 2.57. The van der Waals surface area contributed by atoms with Crippen LogP contribution in [0, 0.1) is 0 Å². The van der Waals surface area contributed by atoms with Gasteiger partial charge in [-0.15, -0.1) is 0 Å². The molecule has 0 bridgehead atoms. The van der Waals surface area contributed by atoms with Crippen molar-refractivity contribution in [2.75, 3.05) is 6.61 Å². The lowest BCUT2D eigenvalue weighted by Crippen LogP contribution is -2.18. The number of hydrogen-bond acceptors (Lipinski definition) is 6. The Morgan fingerprint density at radius 1 is 1.29 bits per heavy atom. The number of hydrogen-bond donors (Lipinski definition) is 4. The minimum Gasteiger partial charge on any atom is -0.393 e. The van der Waals surface area contributed by atoms with Crippen molar-refractivity contribution in [1.29, 1.82) is 0 Å². The second kappa shape index (κ2) is 5.11. The van der Waals surface area contributed by atoms with Crippen LogP contribution in [-0.4, -0.2) is 38.8 Å². The molecule has 0 aliphatic carbocycles. The standard InChI is InChI=1S/C3H8O9P2/c4-1-3(2-5)11-14(9,10)12-13(6,7)8/h1,3,5H,2H2,(H,9,10)(H2,6,7,8). The van der Waals surface area contributed by atoms with Gasteiger partial charge in [0.1, 0.15) is 6.10 Å². The molecule has 0 heterocycles. The maximum atomic E-state index is 10.7. The normalized spacial score (nSPS) is 18.6. The van der Waals surface area contributed by atoms with Crippen molar-refractivity contribution in [1.82, 2.24) is 0 Å². The molecule has 11 heteroatoms. The summed E-state index contributed by atoms with van der Waals surface area (Å²) in [7, 11) is -10.3. The Morgan fingerprint density at radius 3 is 2.07 bits per heavy atom. The summed E-state index contributed by atoms with van der Waals surface area (Å²) >= 11 is 0. The van der Waals surface area contributed by atoms with E-state index in [0.29, 0.717) is 0 Å². The van der Waals surface area contributed by atoms with E-state index in [1.165, 1.54) is 0 Å². The highest BCUT2D eigenvalue weighted by molar-refractivity contribution is 7.60. The SMILES string of the molecule is O=CC(CO)OP(=O)(O)OP(=O)(O)O. The fourth-order valence-electron chi connectivity index (χ4n) is 0.426. The van der Waals surface area contributed by atoms with Crippen LogP contribution in [0.2, 0.25) is 0 Å². The first-order valence-electron chi connectivity index (χ1n) is 3.04. The fraction of sp³-hybridized carbons (Fsp3) is 0.667. The number of aliphatic hydroxyl groups is 1. The Morgan fingerprint density at radius 2 is 1.79 bits per heavy atom. The van der Waals surface area contributed by atoms with Crippen LogP contribution in [0.15, 0.2) is 0 Å². The van der Waals surface area contributed by atoms with E-state index < -0.39 is 28.4 Å². The van der Waals surface area contributed by atoms with Crippen molar-refractivity contribution in [3.05, 3.63) is 0 Å². The van der Waals surface area contributed by atoms with Crippen LogP contribution in [0.4, 0.5) is 0 Å². The summed E-state index contributed by atoms with van der Waals surface area (Å²) in [6, 6.07) is 0. The van der Waals surface area contributed by atoms with Crippen LogP contribution in [0.1, 0.15) is 0 Å². The van der Waals surface area contributed by atoms with Crippen molar-refractivity contribution in [2.24, 2.45) is 0 Å². The van der Waals surface area contributed by atoms with Gasteiger partial charge in [0.15, 0.2) is 6.29 Å². The van der Waals surface area contributed by atoms with E-state index in [2.05, 4.69) is 8.83 Å². The molecule has 0 amide bonds. The first-order valence-corrected chi connectivity index (χ1v) is 6.07. The Hall–Kier alpha value is -0.110. The smallest absolute Gasteiger partial charge is 0.393 e. The van der Waals surface area contributed by atoms with E-state index in [1.807, 2.05) is 0 Å². The van der Waals surface area contributed by atoms with E-state index in [0.717, 1.165) is 0 Å². The lowest BCUT2D eigenvalue weighted by atomic mass is 10.4. The summed E-state index contributed by atoms with van der Waals surface area (Å²) in [5.41, 5.74) is 0. The average Bonchev–Trinajstić information content (AvgIpc) is 1.95. The van der Waals surface area contributed by atoms with Gasteiger partial charge in [0, 0.05) is 0 Å². The zero-order chi connectivity index (χ0) is 11.4. The van der Waals surface area contributed by atoms with E-state index in [1.54, 1.807) is 0 Å². The van der Waals surface area contributed by atoms with Gasteiger partial charge in [-0.1, -0.05) is 0 Å². The van der Waals surface area contributed by atoms with Gasteiger partial charge in [0.2, 0.25) is 0 Å². The Balaban J connectivity index is 4.41. The van der Waals surface area contributed by atoms with Crippen LogP contribution in [-0.2, 0) is 22.8 Å². The Kier molecular flexibility index (Phi) is 5.07.